The van der Waals surface area contributed by atoms with Gasteiger partial charge < -0.3 is 14.2 Å². The van der Waals surface area contributed by atoms with E-state index in [2.05, 4.69) is 11.1 Å². The van der Waals surface area contributed by atoms with E-state index in [1.807, 2.05) is 23.8 Å². The summed E-state index contributed by atoms with van der Waals surface area (Å²) in [4.78, 5) is 17.0. The number of carbonyl (C=O) groups is 1. The van der Waals surface area contributed by atoms with Gasteiger partial charge in [-0.15, -0.1) is 11.3 Å². The van der Waals surface area contributed by atoms with Crippen molar-refractivity contribution < 1.29 is 19.0 Å². The molecule has 6 heteroatoms. The van der Waals surface area contributed by atoms with E-state index < -0.39 is 0 Å². The van der Waals surface area contributed by atoms with Crippen LogP contribution in [0.2, 0.25) is 0 Å². The minimum Gasteiger partial charge on any atom is -0.465 e. The second-order valence-electron chi connectivity index (χ2n) is 6.50. The fourth-order valence-corrected chi connectivity index (χ4v) is 4.74. The lowest BCUT2D eigenvalue weighted by molar-refractivity contribution is -0.178. The van der Waals surface area contributed by atoms with Crippen LogP contribution in [0.25, 0.3) is 11.1 Å². The van der Waals surface area contributed by atoms with Crippen LogP contribution in [0, 0.1) is 0 Å². The van der Waals surface area contributed by atoms with Gasteiger partial charge in [-0.05, 0) is 41.8 Å². The summed E-state index contributed by atoms with van der Waals surface area (Å²) in [7, 11) is 1.41. The summed E-state index contributed by atoms with van der Waals surface area (Å²) in [5, 5.41) is 1.93. The van der Waals surface area contributed by atoms with Crippen molar-refractivity contribution in [2.75, 3.05) is 20.3 Å². The molecule has 1 aliphatic heterocycles. The molecule has 1 aliphatic carbocycles. The molecule has 25 heavy (non-hydrogen) atoms. The van der Waals surface area contributed by atoms with Crippen LogP contribution in [0.4, 0.5) is 0 Å². The van der Waals surface area contributed by atoms with Crippen LogP contribution in [-0.2, 0) is 14.2 Å². The standard InChI is InChI=1S/C19H21NO4S/c1-22-18(21)17-15(5-11-25-17)16-12-20-8-4-14(16)13-2-6-19(7-3-13)23-9-10-24-19/h4-5,8,11-13H,2-3,6-7,9-10H2,1H3. The molecule has 0 radical (unpaired) electrons. The molecule has 0 bridgehead atoms. The third-order valence-electron chi connectivity index (χ3n) is 5.18. The number of esters is 1. The number of hydrogen-bond donors (Lipinski definition) is 0. The molecule has 0 amide bonds. The third kappa shape index (κ3) is 3.10. The van der Waals surface area contributed by atoms with Crippen molar-refractivity contribution in [1.29, 1.82) is 0 Å². The second kappa shape index (κ2) is 6.86. The van der Waals surface area contributed by atoms with E-state index >= 15 is 0 Å². The molecule has 2 fully saturated rings. The van der Waals surface area contributed by atoms with Crippen LogP contribution >= 0.6 is 11.3 Å². The molecule has 1 saturated carbocycles. The number of pyridine rings is 1. The molecule has 2 aromatic rings. The SMILES string of the molecule is COC(=O)c1sccc1-c1cnccc1C1CCC2(CC1)OCCO2. The number of aromatic nitrogens is 1. The van der Waals surface area contributed by atoms with Crippen molar-refractivity contribution >= 4 is 17.3 Å². The number of methoxy groups -OCH3 is 1. The van der Waals surface area contributed by atoms with Crippen LogP contribution < -0.4 is 0 Å². The quantitative estimate of drug-likeness (QED) is 0.776. The molecular formula is C19H21NO4S. The Morgan fingerprint density at radius 1 is 1.24 bits per heavy atom. The average molecular weight is 359 g/mol. The van der Waals surface area contributed by atoms with E-state index in [0.717, 1.165) is 36.8 Å². The van der Waals surface area contributed by atoms with E-state index in [0.29, 0.717) is 24.0 Å². The third-order valence-corrected chi connectivity index (χ3v) is 6.08. The smallest absolute Gasteiger partial charge is 0.348 e. The second-order valence-corrected chi connectivity index (χ2v) is 7.42. The zero-order valence-electron chi connectivity index (χ0n) is 14.2. The highest BCUT2D eigenvalue weighted by Gasteiger charge is 2.41. The number of hydrogen-bond acceptors (Lipinski definition) is 6. The molecule has 4 rings (SSSR count). The maximum atomic E-state index is 12.1. The highest BCUT2D eigenvalue weighted by Crippen LogP contribution is 2.45. The Labute approximate surface area is 150 Å². The van der Waals surface area contributed by atoms with Gasteiger partial charge in [-0.2, -0.15) is 0 Å². The highest BCUT2D eigenvalue weighted by atomic mass is 32.1. The molecular weight excluding hydrogens is 338 g/mol. The maximum absolute atomic E-state index is 12.1. The van der Waals surface area contributed by atoms with Crippen molar-refractivity contribution in [3.8, 4) is 11.1 Å². The number of ether oxygens (including phenoxy) is 3. The number of rotatable bonds is 3. The Morgan fingerprint density at radius 2 is 2.00 bits per heavy atom. The maximum Gasteiger partial charge on any atom is 0.348 e. The lowest BCUT2D eigenvalue weighted by Gasteiger charge is -2.36. The van der Waals surface area contributed by atoms with E-state index in [-0.39, 0.29) is 11.8 Å². The normalized spacial score (nSPS) is 20.0. The Hall–Kier alpha value is -1.76. The molecule has 2 aromatic heterocycles. The average Bonchev–Trinajstić information content (AvgIpc) is 3.32. The van der Waals surface area contributed by atoms with Crippen molar-refractivity contribution in [3.63, 3.8) is 0 Å². The summed E-state index contributed by atoms with van der Waals surface area (Å²) in [6.07, 6.45) is 7.52. The van der Waals surface area contributed by atoms with Crippen molar-refractivity contribution in [2.24, 2.45) is 0 Å². The minimum atomic E-state index is -0.358. The summed E-state index contributed by atoms with van der Waals surface area (Å²) < 4.78 is 16.6. The molecule has 0 N–H and O–H groups in total. The Balaban J connectivity index is 1.62. The summed E-state index contributed by atoms with van der Waals surface area (Å²) in [6, 6.07) is 4.05. The number of carbonyl (C=O) groups excluding carboxylic acids is 1. The van der Waals surface area contributed by atoms with Gasteiger partial charge in [0.1, 0.15) is 4.88 Å². The molecule has 132 valence electrons. The first-order chi connectivity index (χ1) is 12.2. The minimum absolute atomic E-state index is 0.296. The van der Waals surface area contributed by atoms with Crippen molar-refractivity contribution in [1.82, 2.24) is 4.98 Å². The van der Waals surface area contributed by atoms with Gasteiger partial charge in [-0.3, -0.25) is 4.98 Å². The van der Waals surface area contributed by atoms with Crippen molar-refractivity contribution in [3.05, 3.63) is 40.3 Å². The summed E-state index contributed by atoms with van der Waals surface area (Å²) in [6.45, 7) is 1.39. The molecule has 2 aliphatic rings. The predicted molar refractivity (Wildman–Crippen MR) is 94.7 cm³/mol. The van der Waals surface area contributed by atoms with Crippen molar-refractivity contribution in [2.45, 2.75) is 37.4 Å². The van der Waals surface area contributed by atoms with Gasteiger partial charge in [0.15, 0.2) is 5.79 Å². The van der Waals surface area contributed by atoms with Crippen LogP contribution in [0.1, 0.15) is 46.8 Å². The first-order valence-electron chi connectivity index (χ1n) is 8.60. The summed E-state index contributed by atoms with van der Waals surface area (Å²) >= 11 is 1.41. The molecule has 0 aromatic carbocycles. The monoisotopic (exact) mass is 359 g/mol. The van der Waals surface area contributed by atoms with E-state index in [1.54, 1.807) is 0 Å². The Kier molecular flexibility index (Phi) is 4.58. The zero-order valence-corrected chi connectivity index (χ0v) is 15.0. The van der Waals surface area contributed by atoms with Gasteiger partial charge in [-0.25, -0.2) is 4.79 Å². The molecule has 3 heterocycles. The van der Waals surface area contributed by atoms with Crippen LogP contribution in [-0.4, -0.2) is 37.1 Å². The summed E-state index contributed by atoms with van der Waals surface area (Å²) in [5.74, 6) is -0.236. The van der Waals surface area contributed by atoms with Crippen LogP contribution in [0.3, 0.4) is 0 Å². The fraction of sp³-hybridized carbons (Fsp3) is 0.474. The van der Waals surface area contributed by atoms with Gasteiger partial charge in [-0.1, -0.05) is 0 Å². The Bertz CT molecular complexity index is 756. The first-order valence-corrected chi connectivity index (χ1v) is 9.48. The topological polar surface area (TPSA) is 57.7 Å². The van der Waals surface area contributed by atoms with Gasteiger partial charge in [0.2, 0.25) is 0 Å². The summed E-state index contributed by atoms with van der Waals surface area (Å²) in [5.41, 5.74) is 3.18. The van der Waals surface area contributed by atoms with E-state index in [4.69, 9.17) is 14.2 Å². The number of thiophene rings is 1. The predicted octanol–water partition coefficient (Wildman–Crippen LogP) is 4.00. The molecule has 1 spiro atoms. The molecule has 0 atom stereocenters. The molecule has 1 saturated heterocycles. The van der Waals surface area contributed by atoms with Gasteiger partial charge in [0.05, 0.1) is 20.3 Å². The van der Waals surface area contributed by atoms with Gasteiger partial charge in [0, 0.05) is 36.4 Å². The van der Waals surface area contributed by atoms with Gasteiger partial charge >= 0.3 is 5.97 Å². The molecule has 0 unspecified atom stereocenters. The fourth-order valence-electron chi connectivity index (χ4n) is 3.91. The first kappa shape index (κ1) is 16.7. The zero-order chi connectivity index (χ0) is 17.3. The van der Waals surface area contributed by atoms with Crippen LogP contribution in [0.15, 0.2) is 29.9 Å². The Morgan fingerprint density at radius 3 is 2.72 bits per heavy atom. The largest absolute Gasteiger partial charge is 0.465 e. The highest BCUT2D eigenvalue weighted by molar-refractivity contribution is 7.12. The van der Waals surface area contributed by atoms with Gasteiger partial charge in [0.25, 0.3) is 0 Å². The van der Waals surface area contributed by atoms with Crippen LogP contribution in [0.5, 0.6) is 0 Å². The lowest BCUT2D eigenvalue weighted by Crippen LogP contribution is -2.34. The van der Waals surface area contributed by atoms with E-state index in [1.165, 1.54) is 24.0 Å². The number of nitrogens with zero attached hydrogens (tertiary/aromatic N) is 1. The van der Waals surface area contributed by atoms with E-state index in [9.17, 15) is 4.79 Å². The lowest BCUT2D eigenvalue weighted by atomic mass is 9.79. The molecule has 5 nitrogen and oxygen atoms in total.